The lowest BCUT2D eigenvalue weighted by atomic mass is 10.0. The molecule has 0 saturated heterocycles. The minimum Gasteiger partial charge on any atom is -0.465 e. The van der Waals surface area contributed by atoms with Crippen LogP contribution in [0.1, 0.15) is 26.3 Å². The topological polar surface area (TPSA) is 104 Å². The van der Waals surface area contributed by atoms with Crippen molar-refractivity contribution in [3.8, 4) is 0 Å². The van der Waals surface area contributed by atoms with Gasteiger partial charge in [0.2, 0.25) is 0 Å². The maximum atomic E-state index is 13.2. The lowest BCUT2D eigenvalue weighted by molar-refractivity contribution is -0.116. The zero-order valence-corrected chi connectivity index (χ0v) is 18.7. The van der Waals surface area contributed by atoms with E-state index in [4.69, 9.17) is 11.6 Å². The largest absolute Gasteiger partial charge is 0.465 e. The summed E-state index contributed by atoms with van der Waals surface area (Å²) in [5, 5.41) is 9.89. The molecule has 2 amide bonds. The molecule has 2 aromatic rings. The summed E-state index contributed by atoms with van der Waals surface area (Å²) < 4.78 is 40.3. The fourth-order valence-electron chi connectivity index (χ4n) is 2.57. The molecule has 0 atom stereocenters. The Morgan fingerprint density at radius 2 is 1.65 bits per heavy atom. The number of benzene rings is 2. The molecule has 0 radical (unpaired) electrons. The monoisotopic (exact) mass is 468 g/mol. The van der Waals surface area contributed by atoms with Gasteiger partial charge in [-0.2, -0.15) is 0 Å². The van der Waals surface area contributed by atoms with Gasteiger partial charge in [-0.25, -0.2) is 22.3 Å². The number of carbonyl (C=O) groups is 2. The zero-order chi connectivity index (χ0) is 23.4. The summed E-state index contributed by atoms with van der Waals surface area (Å²) in [6.07, 6.45) is 0.0271. The lowest BCUT2D eigenvalue weighted by Gasteiger charge is -2.33. The first-order chi connectivity index (χ1) is 14.3. The number of sulfonamides is 1. The van der Waals surface area contributed by atoms with Crippen molar-refractivity contribution in [2.75, 3.05) is 6.54 Å². The number of rotatable bonds is 6. The van der Waals surface area contributed by atoms with Crippen LogP contribution < -0.4 is 4.72 Å². The van der Waals surface area contributed by atoms with E-state index in [1.807, 2.05) is 4.72 Å². The van der Waals surface area contributed by atoms with Crippen LogP contribution in [-0.4, -0.2) is 42.5 Å². The number of nitrogens with zero attached hydrogens (tertiary/aromatic N) is 1. The van der Waals surface area contributed by atoms with E-state index in [0.29, 0.717) is 10.6 Å². The average Bonchev–Trinajstić information content (AvgIpc) is 2.65. The van der Waals surface area contributed by atoms with E-state index in [1.165, 1.54) is 54.6 Å². The molecule has 166 valence electrons. The molecule has 7 nitrogen and oxygen atoms in total. The second-order valence-electron chi connectivity index (χ2n) is 7.65. The Morgan fingerprint density at radius 1 is 1.10 bits per heavy atom. The van der Waals surface area contributed by atoms with Gasteiger partial charge in [0, 0.05) is 16.1 Å². The van der Waals surface area contributed by atoms with Crippen molar-refractivity contribution in [3.63, 3.8) is 0 Å². The number of carbonyl (C=O) groups excluding carboxylic acids is 1. The highest BCUT2D eigenvalue weighted by molar-refractivity contribution is 7.90. The van der Waals surface area contributed by atoms with Gasteiger partial charge in [-0.1, -0.05) is 23.7 Å². The van der Waals surface area contributed by atoms with Gasteiger partial charge in [0.05, 0.1) is 11.4 Å². The van der Waals surface area contributed by atoms with Crippen LogP contribution in [-0.2, 0) is 14.8 Å². The number of hydrogen-bond donors (Lipinski definition) is 2. The number of halogens is 2. The Hall–Kier alpha value is -2.91. The van der Waals surface area contributed by atoms with Crippen molar-refractivity contribution < 1.29 is 27.5 Å². The minimum atomic E-state index is -4.24. The lowest BCUT2D eigenvalue weighted by Crippen LogP contribution is -2.47. The van der Waals surface area contributed by atoms with Crippen molar-refractivity contribution >= 4 is 39.7 Å². The molecule has 0 spiro atoms. The minimum absolute atomic E-state index is 0.138. The van der Waals surface area contributed by atoms with Gasteiger partial charge in [-0.05, 0) is 68.8 Å². The van der Waals surface area contributed by atoms with E-state index in [-0.39, 0.29) is 10.5 Å². The zero-order valence-electron chi connectivity index (χ0n) is 17.1. The van der Waals surface area contributed by atoms with E-state index >= 15 is 0 Å². The molecule has 0 fully saturated rings. The highest BCUT2D eigenvalue weighted by Gasteiger charge is 2.30. The molecular formula is C21H22ClFN2O5S. The van der Waals surface area contributed by atoms with Crippen molar-refractivity contribution in [1.29, 1.82) is 0 Å². The Labute approximate surface area is 185 Å². The van der Waals surface area contributed by atoms with Crippen LogP contribution in [0.5, 0.6) is 0 Å². The van der Waals surface area contributed by atoms with E-state index in [0.717, 1.165) is 4.90 Å². The molecule has 2 aromatic carbocycles. The highest BCUT2D eigenvalue weighted by Crippen LogP contribution is 2.19. The van der Waals surface area contributed by atoms with Crippen molar-refractivity contribution in [1.82, 2.24) is 9.62 Å². The van der Waals surface area contributed by atoms with Crippen LogP contribution in [0.25, 0.3) is 6.08 Å². The molecule has 0 aliphatic rings. The molecule has 2 rings (SSSR count). The molecular weight excluding hydrogens is 447 g/mol. The van der Waals surface area contributed by atoms with Crippen molar-refractivity contribution in [3.05, 3.63) is 70.5 Å². The first-order valence-corrected chi connectivity index (χ1v) is 10.9. The quantitative estimate of drug-likeness (QED) is 0.620. The molecule has 0 aliphatic heterocycles. The average molecular weight is 469 g/mol. The third-order valence-corrected chi connectivity index (χ3v) is 5.82. The molecule has 0 unspecified atom stereocenters. The van der Waals surface area contributed by atoms with Gasteiger partial charge in [-0.3, -0.25) is 9.69 Å². The van der Waals surface area contributed by atoms with Crippen molar-refractivity contribution in [2.45, 2.75) is 31.2 Å². The van der Waals surface area contributed by atoms with Crippen LogP contribution in [0.4, 0.5) is 9.18 Å². The van der Waals surface area contributed by atoms with Crippen LogP contribution in [0.15, 0.2) is 59.0 Å². The summed E-state index contributed by atoms with van der Waals surface area (Å²) in [5.41, 5.74) is -0.612. The van der Waals surface area contributed by atoms with Crippen LogP contribution in [0.2, 0.25) is 5.02 Å². The van der Waals surface area contributed by atoms with E-state index < -0.39 is 39.9 Å². The Kier molecular flexibility index (Phi) is 7.45. The summed E-state index contributed by atoms with van der Waals surface area (Å²) in [7, 11) is -4.24. The van der Waals surface area contributed by atoms with Crippen molar-refractivity contribution in [2.24, 2.45) is 0 Å². The summed E-state index contributed by atoms with van der Waals surface area (Å²) in [4.78, 5) is 25.4. The Bertz CT molecular complexity index is 1090. The summed E-state index contributed by atoms with van der Waals surface area (Å²) >= 11 is 5.77. The molecule has 0 aliphatic carbocycles. The third-order valence-electron chi connectivity index (χ3n) is 4.22. The summed E-state index contributed by atoms with van der Waals surface area (Å²) in [5.74, 6) is -1.50. The predicted octanol–water partition coefficient (Wildman–Crippen LogP) is 4.15. The van der Waals surface area contributed by atoms with Gasteiger partial charge in [-0.15, -0.1) is 0 Å². The summed E-state index contributed by atoms with van der Waals surface area (Å²) in [6.45, 7) is 4.52. The number of nitrogens with one attached hydrogen (secondary N) is 1. The van der Waals surface area contributed by atoms with E-state index in [1.54, 1.807) is 20.8 Å². The SMILES string of the molecule is CC(C)(C)N(C/C(=C\c1ccc(F)cc1)C(=O)NS(=O)(=O)c1ccc(Cl)cc1)C(=O)O. The smallest absolute Gasteiger partial charge is 0.408 e. The molecule has 0 heterocycles. The van der Waals surface area contributed by atoms with E-state index in [2.05, 4.69) is 0 Å². The summed E-state index contributed by atoms with van der Waals surface area (Å²) in [6, 6.07) is 10.3. The fraction of sp³-hybridized carbons (Fsp3) is 0.238. The van der Waals surface area contributed by atoms with Gasteiger partial charge < -0.3 is 5.11 Å². The number of carboxylic acid groups (broad SMARTS) is 1. The van der Waals surface area contributed by atoms with Gasteiger partial charge >= 0.3 is 6.09 Å². The molecule has 0 bridgehead atoms. The second-order valence-corrected chi connectivity index (χ2v) is 9.77. The molecule has 0 saturated carbocycles. The maximum absolute atomic E-state index is 13.2. The Morgan fingerprint density at radius 3 is 2.13 bits per heavy atom. The molecule has 2 N–H and O–H groups in total. The van der Waals surface area contributed by atoms with Gasteiger partial charge in [0.25, 0.3) is 15.9 Å². The molecule has 0 aromatic heterocycles. The van der Waals surface area contributed by atoms with Crippen LogP contribution >= 0.6 is 11.6 Å². The fourth-order valence-corrected chi connectivity index (χ4v) is 3.68. The first-order valence-electron chi connectivity index (χ1n) is 9.09. The molecule has 10 heteroatoms. The molecule has 31 heavy (non-hydrogen) atoms. The van der Waals surface area contributed by atoms with Crippen LogP contribution in [0.3, 0.4) is 0 Å². The predicted molar refractivity (Wildman–Crippen MR) is 116 cm³/mol. The maximum Gasteiger partial charge on any atom is 0.408 e. The highest BCUT2D eigenvalue weighted by atomic mass is 35.5. The standard InChI is InChI=1S/C21H22ClFN2O5S/c1-21(2,3)25(20(27)28)13-15(12-14-4-8-17(23)9-5-14)19(26)24-31(29,30)18-10-6-16(22)7-11-18/h4-12H,13H2,1-3H3,(H,24,26)(H,27,28)/b15-12+. The van der Waals surface area contributed by atoms with Gasteiger partial charge in [0.15, 0.2) is 0 Å². The Balaban J connectivity index is 2.43. The number of amides is 2. The second kappa shape index (κ2) is 9.49. The third kappa shape index (κ3) is 6.80. The van der Waals surface area contributed by atoms with Crippen LogP contribution in [0, 0.1) is 5.82 Å². The first kappa shape index (κ1) is 24.4. The number of hydrogen-bond acceptors (Lipinski definition) is 4. The van der Waals surface area contributed by atoms with Gasteiger partial charge in [0.1, 0.15) is 5.82 Å². The normalized spacial score (nSPS) is 12.4. The van der Waals surface area contributed by atoms with E-state index in [9.17, 15) is 27.5 Å².